The van der Waals surface area contributed by atoms with Crippen LogP contribution in [0.5, 0.6) is 11.5 Å². The van der Waals surface area contributed by atoms with Gasteiger partial charge in [0.2, 0.25) is 0 Å². The minimum atomic E-state index is -0.813. The van der Waals surface area contributed by atoms with Crippen LogP contribution in [0.3, 0.4) is 0 Å². The van der Waals surface area contributed by atoms with E-state index in [9.17, 15) is 4.79 Å². The number of hydrogen-bond donors (Lipinski definition) is 4. The summed E-state index contributed by atoms with van der Waals surface area (Å²) in [6.07, 6.45) is 1.58. The summed E-state index contributed by atoms with van der Waals surface area (Å²) in [5, 5.41) is 10.9. The predicted molar refractivity (Wildman–Crippen MR) is 142 cm³/mol. The third-order valence-electron chi connectivity index (χ3n) is 5.88. The Morgan fingerprint density at radius 1 is 1.16 bits per heavy atom. The molecule has 1 unspecified atom stereocenters. The zero-order valence-corrected chi connectivity index (χ0v) is 21.2. The largest absolute Gasteiger partial charge is 0.494 e. The van der Waals surface area contributed by atoms with Crippen molar-refractivity contribution < 1.29 is 23.4 Å². The van der Waals surface area contributed by atoms with Gasteiger partial charge in [0.15, 0.2) is 11.6 Å². The number of nitrogen functional groups attached to an aromatic ring is 1. The molecule has 0 aliphatic rings. The number of halogens is 1. The minimum Gasteiger partial charge on any atom is -0.494 e. The Balaban J connectivity index is 1.83. The lowest BCUT2D eigenvalue weighted by Gasteiger charge is -2.21. The van der Waals surface area contributed by atoms with E-state index in [1.54, 1.807) is 60.8 Å². The Bertz CT molecular complexity index is 1450. The number of esters is 1. The summed E-state index contributed by atoms with van der Waals surface area (Å²) < 4.78 is 31.5. The monoisotopic (exact) mass is 517 g/mol. The van der Waals surface area contributed by atoms with Gasteiger partial charge in [-0.25, -0.2) is 14.2 Å². The van der Waals surface area contributed by atoms with Gasteiger partial charge in [0.1, 0.15) is 23.5 Å². The molecule has 9 nitrogen and oxygen atoms in total. The van der Waals surface area contributed by atoms with Crippen LogP contribution in [-0.2, 0) is 4.74 Å². The molecule has 0 saturated carbocycles. The first-order valence-corrected chi connectivity index (χ1v) is 11.8. The number of carbonyl (C=O) groups is 1. The van der Waals surface area contributed by atoms with Crippen molar-refractivity contribution in [1.29, 1.82) is 5.41 Å². The van der Waals surface area contributed by atoms with E-state index in [-0.39, 0.29) is 17.1 Å². The van der Waals surface area contributed by atoms with Crippen molar-refractivity contribution >= 4 is 17.5 Å². The van der Waals surface area contributed by atoms with Gasteiger partial charge in [0.25, 0.3) is 0 Å². The van der Waals surface area contributed by atoms with Crippen LogP contribution in [0.1, 0.15) is 40.3 Å². The van der Waals surface area contributed by atoms with Crippen LogP contribution in [-0.4, -0.2) is 42.6 Å². The zero-order valence-electron chi connectivity index (χ0n) is 21.2. The maximum atomic E-state index is 15.7. The van der Waals surface area contributed by atoms with Crippen LogP contribution in [0.25, 0.3) is 11.3 Å². The molecule has 0 spiro atoms. The van der Waals surface area contributed by atoms with Gasteiger partial charge in [-0.3, -0.25) is 5.41 Å². The summed E-state index contributed by atoms with van der Waals surface area (Å²) in [5.74, 6) is -0.299. The number of amidine groups is 1. The third kappa shape index (κ3) is 5.44. The lowest BCUT2D eigenvalue weighted by atomic mass is 10.0. The topological polar surface area (TPSA) is 135 Å². The van der Waals surface area contributed by atoms with Crippen molar-refractivity contribution in [1.82, 2.24) is 9.97 Å². The van der Waals surface area contributed by atoms with E-state index < -0.39 is 17.8 Å². The molecular formula is C28H28FN5O4. The standard InChI is InChI=1S/C28H28FN5O4/c1-4-38-18-13-21(24(29)23(14-18)36-2)25(33-17-11-9-16(10-12-17)26(30)31)27-32-15-22(34-27)19-7-5-6-8-20(19)28(35)37-3/h5-15,25,33H,4H2,1-3H3,(H3,30,31)(H,32,34). The van der Waals surface area contributed by atoms with Gasteiger partial charge in [0, 0.05) is 28.4 Å². The molecule has 0 aliphatic carbocycles. The molecule has 1 heterocycles. The fourth-order valence-corrected chi connectivity index (χ4v) is 4.03. The molecule has 38 heavy (non-hydrogen) atoms. The second-order valence-electron chi connectivity index (χ2n) is 8.25. The number of aromatic amines is 1. The number of imidazole rings is 1. The van der Waals surface area contributed by atoms with Gasteiger partial charge in [0.05, 0.1) is 38.3 Å². The van der Waals surface area contributed by atoms with E-state index in [1.165, 1.54) is 20.3 Å². The Hall–Kier alpha value is -4.86. The number of nitrogens with zero attached hydrogens (tertiary/aromatic N) is 1. The molecule has 0 radical (unpaired) electrons. The molecule has 1 atom stereocenters. The van der Waals surface area contributed by atoms with Crippen molar-refractivity contribution in [3.63, 3.8) is 0 Å². The highest BCUT2D eigenvalue weighted by Gasteiger charge is 2.26. The fraction of sp³-hybridized carbons (Fsp3) is 0.179. The number of H-pyrrole nitrogens is 1. The van der Waals surface area contributed by atoms with E-state index in [0.717, 1.165) is 0 Å². The summed E-state index contributed by atoms with van der Waals surface area (Å²) in [4.78, 5) is 20.1. The highest BCUT2D eigenvalue weighted by atomic mass is 19.1. The third-order valence-corrected chi connectivity index (χ3v) is 5.88. The molecule has 196 valence electrons. The van der Waals surface area contributed by atoms with Crippen LogP contribution >= 0.6 is 0 Å². The van der Waals surface area contributed by atoms with Crippen LogP contribution < -0.4 is 20.5 Å². The molecule has 0 saturated heterocycles. The quantitative estimate of drug-likeness (QED) is 0.134. The number of hydrogen-bond acceptors (Lipinski definition) is 7. The molecule has 4 aromatic rings. The van der Waals surface area contributed by atoms with E-state index in [1.807, 2.05) is 6.92 Å². The van der Waals surface area contributed by atoms with Gasteiger partial charge < -0.3 is 30.2 Å². The first-order valence-electron chi connectivity index (χ1n) is 11.8. The Morgan fingerprint density at radius 2 is 1.89 bits per heavy atom. The predicted octanol–water partition coefficient (Wildman–Crippen LogP) is 4.90. The van der Waals surface area contributed by atoms with E-state index in [0.29, 0.717) is 46.3 Å². The highest BCUT2D eigenvalue weighted by molar-refractivity contribution is 5.96. The lowest BCUT2D eigenvalue weighted by Crippen LogP contribution is -2.17. The Labute approximate surface area is 219 Å². The number of anilines is 1. The normalized spacial score (nSPS) is 11.5. The molecule has 0 bridgehead atoms. The summed E-state index contributed by atoms with van der Waals surface area (Å²) in [7, 11) is 2.70. The van der Waals surface area contributed by atoms with Gasteiger partial charge in [-0.1, -0.05) is 18.2 Å². The van der Waals surface area contributed by atoms with Gasteiger partial charge >= 0.3 is 5.97 Å². The zero-order chi connectivity index (χ0) is 27.2. The van der Waals surface area contributed by atoms with Crippen LogP contribution in [0.4, 0.5) is 10.1 Å². The van der Waals surface area contributed by atoms with Crippen molar-refractivity contribution in [3.8, 4) is 22.8 Å². The molecular weight excluding hydrogens is 489 g/mol. The molecule has 5 N–H and O–H groups in total. The maximum Gasteiger partial charge on any atom is 0.338 e. The number of nitrogens with one attached hydrogen (secondary N) is 3. The van der Waals surface area contributed by atoms with Crippen LogP contribution in [0.2, 0.25) is 0 Å². The molecule has 1 aromatic heterocycles. The fourth-order valence-electron chi connectivity index (χ4n) is 4.03. The Kier molecular flexibility index (Phi) is 7.91. The van der Waals surface area contributed by atoms with Gasteiger partial charge in [-0.15, -0.1) is 0 Å². The number of methoxy groups -OCH3 is 2. The van der Waals surface area contributed by atoms with Gasteiger partial charge in [-0.2, -0.15) is 0 Å². The molecule has 0 amide bonds. The van der Waals surface area contributed by atoms with E-state index in [4.69, 9.17) is 25.4 Å². The smallest absolute Gasteiger partial charge is 0.338 e. The highest BCUT2D eigenvalue weighted by Crippen LogP contribution is 2.36. The van der Waals surface area contributed by atoms with Gasteiger partial charge in [-0.05, 0) is 43.3 Å². The number of carbonyl (C=O) groups excluding carboxylic acids is 1. The average Bonchev–Trinajstić information content (AvgIpc) is 3.42. The summed E-state index contributed by atoms with van der Waals surface area (Å²) >= 11 is 0. The van der Waals surface area contributed by atoms with Crippen molar-refractivity contribution in [2.45, 2.75) is 13.0 Å². The number of benzene rings is 3. The number of rotatable bonds is 10. The summed E-state index contributed by atoms with van der Waals surface area (Å²) in [5.41, 5.74) is 8.49. The van der Waals surface area contributed by atoms with E-state index >= 15 is 4.39 Å². The lowest BCUT2D eigenvalue weighted by molar-refractivity contribution is 0.0601. The maximum absolute atomic E-state index is 15.7. The Morgan fingerprint density at radius 3 is 2.55 bits per heavy atom. The number of ether oxygens (including phenoxy) is 3. The molecule has 10 heteroatoms. The van der Waals surface area contributed by atoms with E-state index in [2.05, 4.69) is 15.3 Å². The second-order valence-corrected chi connectivity index (χ2v) is 8.25. The summed E-state index contributed by atoms with van der Waals surface area (Å²) in [6.45, 7) is 2.22. The SMILES string of the molecule is CCOc1cc(OC)c(F)c(C(Nc2ccc(C(=N)N)cc2)c2ncc(-c3ccccc3C(=O)OC)[nH]2)c1. The summed E-state index contributed by atoms with van der Waals surface area (Å²) in [6, 6.07) is 16.1. The minimum absolute atomic E-state index is 0.0208. The molecule has 4 rings (SSSR count). The number of nitrogens with two attached hydrogens (primary N) is 1. The number of aromatic nitrogens is 2. The van der Waals surface area contributed by atoms with Crippen LogP contribution in [0, 0.1) is 11.2 Å². The van der Waals surface area contributed by atoms with Crippen molar-refractivity contribution in [3.05, 3.63) is 95.2 Å². The molecule has 3 aromatic carbocycles. The first kappa shape index (κ1) is 26.2. The molecule has 0 aliphatic heterocycles. The first-order chi connectivity index (χ1) is 18.4. The molecule has 0 fully saturated rings. The van der Waals surface area contributed by atoms with Crippen molar-refractivity contribution in [2.24, 2.45) is 5.73 Å². The average molecular weight is 518 g/mol. The second kappa shape index (κ2) is 11.5. The van der Waals surface area contributed by atoms with Crippen LogP contribution in [0.15, 0.2) is 66.9 Å². The van der Waals surface area contributed by atoms with Crippen molar-refractivity contribution in [2.75, 3.05) is 26.1 Å².